The molecule has 1 aromatic rings. The van der Waals surface area contributed by atoms with Crippen LogP contribution in [0.5, 0.6) is 0 Å². The molecule has 1 nitrogen and oxygen atoms in total. The average molecular weight is 216 g/mol. The highest BCUT2D eigenvalue weighted by Crippen LogP contribution is 2.33. The molecule has 1 atom stereocenters. The lowest BCUT2D eigenvalue weighted by molar-refractivity contribution is -0.111. The van der Waals surface area contributed by atoms with Crippen LogP contribution in [0.2, 0.25) is 0 Å². The first-order chi connectivity index (χ1) is 7.56. The first kappa shape index (κ1) is 11.4. The fourth-order valence-corrected chi connectivity index (χ4v) is 2.89. The van der Waals surface area contributed by atoms with Gasteiger partial charge in [0, 0.05) is 5.92 Å². The van der Waals surface area contributed by atoms with Gasteiger partial charge in [0.05, 0.1) is 0 Å². The third-order valence-electron chi connectivity index (χ3n) is 4.38. The zero-order chi connectivity index (χ0) is 11.9. The van der Waals surface area contributed by atoms with E-state index in [2.05, 4.69) is 27.7 Å². The molecule has 0 radical (unpaired) electrons. The van der Waals surface area contributed by atoms with Crippen molar-refractivity contribution in [1.82, 2.24) is 0 Å². The Hall–Kier alpha value is -1.11. The van der Waals surface area contributed by atoms with Gasteiger partial charge in [-0.3, -0.25) is 0 Å². The SMILES string of the molecule is Cc1c(C)c(C)c2c(c1C)CCC(C=O)C2. The van der Waals surface area contributed by atoms with Crippen LogP contribution in [0.25, 0.3) is 0 Å². The van der Waals surface area contributed by atoms with Gasteiger partial charge in [0.25, 0.3) is 0 Å². The second-order valence-electron chi connectivity index (χ2n) is 5.10. The molecule has 1 heteroatoms. The maximum absolute atomic E-state index is 10.9. The highest BCUT2D eigenvalue weighted by molar-refractivity contribution is 5.59. The minimum atomic E-state index is 0.243. The number of benzene rings is 1. The number of hydrogen-bond acceptors (Lipinski definition) is 1. The number of fused-ring (bicyclic) bond motifs is 1. The van der Waals surface area contributed by atoms with Crippen LogP contribution >= 0.6 is 0 Å². The number of aldehydes is 1. The second kappa shape index (κ2) is 4.04. The molecule has 1 aliphatic carbocycles. The molecule has 2 rings (SSSR count). The highest BCUT2D eigenvalue weighted by atomic mass is 16.1. The first-order valence-corrected chi connectivity index (χ1v) is 6.09. The Labute approximate surface area is 97.9 Å². The summed E-state index contributed by atoms with van der Waals surface area (Å²) in [6, 6.07) is 0. The summed E-state index contributed by atoms with van der Waals surface area (Å²) in [5.74, 6) is 0.243. The molecule has 0 spiro atoms. The van der Waals surface area contributed by atoms with Crippen LogP contribution < -0.4 is 0 Å². The summed E-state index contributed by atoms with van der Waals surface area (Å²) in [6.45, 7) is 8.84. The molecule has 0 N–H and O–H groups in total. The van der Waals surface area contributed by atoms with E-state index in [-0.39, 0.29) is 5.92 Å². The summed E-state index contributed by atoms with van der Waals surface area (Å²) in [4.78, 5) is 10.9. The van der Waals surface area contributed by atoms with Gasteiger partial charge in [-0.15, -0.1) is 0 Å². The van der Waals surface area contributed by atoms with E-state index in [1.807, 2.05) is 0 Å². The molecular formula is C15H20O. The fourth-order valence-electron chi connectivity index (χ4n) is 2.89. The lowest BCUT2D eigenvalue weighted by Crippen LogP contribution is -2.19. The zero-order valence-electron chi connectivity index (χ0n) is 10.7. The van der Waals surface area contributed by atoms with Crippen LogP contribution in [0.15, 0.2) is 0 Å². The molecule has 0 aromatic heterocycles. The van der Waals surface area contributed by atoms with Crippen molar-refractivity contribution in [3.8, 4) is 0 Å². The first-order valence-electron chi connectivity index (χ1n) is 6.09. The van der Waals surface area contributed by atoms with E-state index < -0.39 is 0 Å². The molecule has 0 amide bonds. The molecule has 0 fully saturated rings. The third-order valence-corrected chi connectivity index (χ3v) is 4.38. The van der Waals surface area contributed by atoms with Gasteiger partial charge in [-0.1, -0.05) is 0 Å². The summed E-state index contributed by atoms with van der Waals surface area (Å²) >= 11 is 0. The van der Waals surface area contributed by atoms with Crippen molar-refractivity contribution in [2.45, 2.75) is 47.0 Å². The number of carbonyl (C=O) groups is 1. The smallest absolute Gasteiger partial charge is 0.123 e. The molecule has 0 aliphatic heterocycles. The lowest BCUT2D eigenvalue weighted by Gasteiger charge is -2.27. The van der Waals surface area contributed by atoms with Gasteiger partial charge in [-0.25, -0.2) is 0 Å². The Balaban J connectivity index is 2.60. The molecule has 16 heavy (non-hydrogen) atoms. The normalized spacial score (nSPS) is 19.4. The molecule has 0 saturated heterocycles. The predicted molar refractivity (Wildman–Crippen MR) is 67.0 cm³/mol. The van der Waals surface area contributed by atoms with Crippen LogP contribution in [0, 0.1) is 33.6 Å². The molecule has 1 unspecified atom stereocenters. The quantitative estimate of drug-likeness (QED) is 0.659. The van der Waals surface area contributed by atoms with E-state index in [9.17, 15) is 4.79 Å². The summed E-state index contributed by atoms with van der Waals surface area (Å²) in [5.41, 5.74) is 8.65. The van der Waals surface area contributed by atoms with Crippen molar-refractivity contribution >= 4 is 6.29 Å². The van der Waals surface area contributed by atoms with E-state index in [1.165, 1.54) is 33.4 Å². The minimum Gasteiger partial charge on any atom is -0.303 e. The molecule has 0 bridgehead atoms. The van der Waals surface area contributed by atoms with Gasteiger partial charge in [0.2, 0.25) is 0 Å². The molecule has 1 aliphatic rings. The number of hydrogen-bond donors (Lipinski definition) is 0. The Bertz CT molecular complexity index is 443. The second-order valence-corrected chi connectivity index (χ2v) is 5.10. The van der Waals surface area contributed by atoms with Crippen molar-refractivity contribution < 1.29 is 4.79 Å². The molecule has 1 aromatic carbocycles. The van der Waals surface area contributed by atoms with Gasteiger partial charge in [0.15, 0.2) is 0 Å². The van der Waals surface area contributed by atoms with Crippen LogP contribution in [-0.2, 0) is 17.6 Å². The standard InChI is InChI=1S/C15H20O/c1-9-10(2)12(4)15-7-13(8-16)5-6-14(15)11(9)3/h8,13H,5-7H2,1-4H3. The van der Waals surface area contributed by atoms with Crippen molar-refractivity contribution in [2.75, 3.05) is 0 Å². The summed E-state index contributed by atoms with van der Waals surface area (Å²) < 4.78 is 0. The maximum Gasteiger partial charge on any atom is 0.123 e. The molecule has 0 saturated carbocycles. The van der Waals surface area contributed by atoms with Gasteiger partial charge < -0.3 is 4.79 Å². The van der Waals surface area contributed by atoms with Gasteiger partial charge in [-0.05, 0) is 80.3 Å². The van der Waals surface area contributed by atoms with E-state index >= 15 is 0 Å². The zero-order valence-corrected chi connectivity index (χ0v) is 10.7. The van der Waals surface area contributed by atoms with Crippen molar-refractivity contribution in [2.24, 2.45) is 5.92 Å². The van der Waals surface area contributed by atoms with E-state index in [1.54, 1.807) is 0 Å². The van der Waals surface area contributed by atoms with Crippen LogP contribution in [0.3, 0.4) is 0 Å². The van der Waals surface area contributed by atoms with E-state index in [0.717, 1.165) is 25.5 Å². The van der Waals surface area contributed by atoms with Gasteiger partial charge >= 0.3 is 0 Å². The predicted octanol–water partition coefficient (Wildman–Crippen LogP) is 3.22. The molecular weight excluding hydrogens is 196 g/mol. The topological polar surface area (TPSA) is 17.1 Å². The number of carbonyl (C=O) groups excluding carboxylic acids is 1. The molecule has 0 heterocycles. The average Bonchev–Trinajstić information content (AvgIpc) is 2.33. The summed E-state index contributed by atoms with van der Waals surface area (Å²) in [6.07, 6.45) is 4.19. The Morgan fingerprint density at radius 3 is 2.06 bits per heavy atom. The van der Waals surface area contributed by atoms with Crippen molar-refractivity contribution in [3.05, 3.63) is 33.4 Å². The maximum atomic E-state index is 10.9. The summed E-state index contributed by atoms with van der Waals surface area (Å²) in [7, 11) is 0. The number of rotatable bonds is 1. The Kier molecular flexibility index (Phi) is 2.88. The third kappa shape index (κ3) is 1.59. The summed E-state index contributed by atoms with van der Waals surface area (Å²) in [5, 5.41) is 0. The molecule has 86 valence electrons. The van der Waals surface area contributed by atoms with Crippen LogP contribution in [-0.4, -0.2) is 6.29 Å². The Morgan fingerprint density at radius 2 is 1.50 bits per heavy atom. The monoisotopic (exact) mass is 216 g/mol. The van der Waals surface area contributed by atoms with E-state index in [4.69, 9.17) is 0 Å². The van der Waals surface area contributed by atoms with E-state index in [0.29, 0.717) is 0 Å². The van der Waals surface area contributed by atoms with Gasteiger partial charge in [0.1, 0.15) is 6.29 Å². The minimum absolute atomic E-state index is 0.243. The largest absolute Gasteiger partial charge is 0.303 e. The fraction of sp³-hybridized carbons (Fsp3) is 0.533. The van der Waals surface area contributed by atoms with Crippen molar-refractivity contribution in [1.29, 1.82) is 0 Å². The highest BCUT2D eigenvalue weighted by Gasteiger charge is 2.23. The Morgan fingerprint density at radius 1 is 0.938 bits per heavy atom. The van der Waals surface area contributed by atoms with Crippen LogP contribution in [0.1, 0.15) is 39.8 Å². The lowest BCUT2D eigenvalue weighted by atomic mass is 9.77. The van der Waals surface area contributed by atoms with Crippen molar-refractivity contribution in [3.63, 3.8) is 0 Å². The van der Waals surface area contributed by atoms with Crippen LogP contribution in [0.4, 0.5) is 0 Å². The van der Waals surface area contributed by atoms with Gasteiger partial charge in [-0.2, -0.15) is 0 Å².